The Balaban J connectivity index is 1.78. The smallest absolute Gasteiger partial charge is 0.268 e. The molecule has 5 N–H and O–H groups in total. The maximum absolute atomic E-state index is 13.7. The summed E-state index contributed by atoms with van der Waals surface area (Å²) in [6.45, 7) is 3.33. The summed E-state index contributed by atoms with van der Waals surface area (Å²) < 4.78 is 27.4. The normalized spacial score (nSPS) is 12.8. The van der Waals surface area contributed by atoms with Crippen LogP contribution in [0.5, 0.6) is 0 Å². The van der Waals surface area contributed by atoms with Gasteiger partial charge < -0.3 is 21.1 Å². The number of hydrogen-bond donors (Lipinski definition) is 4. The minimum Gasteiger partial charge on any atom is -0.384 e. The summed E-state index contributed by atoms with van der Waals surface area (Å²) in [4.78, 5) is 19.8. The molecule has 1 aromatic carbocycles. The van der Waals surface area contributed by atoms with E-state index in [4.69, 9.17) is 17.3 Å². The molecule has 3 rings (SSSR count). The van der Waals surface area contributed by atoms with Crippen LogP contribution in [0.25, 0.3) is 11.3 Å². The van der Waals surface area contributed by atoms with Gasteiger partial charge in [-0.3, -0.25) is 4.79 Å². The number of H-pyrrole nitrogens is 1. The Morgan fingerprint density at radius 1 is 1.38 bits per heavy atom. The monoisotopic (exact) mass is 440 g/mol. The molecule has 2 aromatic heterocycles. The van der Waals surface area contributed by atoms with Crippen LogP contribution < -0.4 is 11.1 Å². The topological polar surface area (TPSA) is 104 Å². The van der Waals surface area contributed by atoms with E-state index in [9.17, 15) is 18.7 Å². The highest BCUT2D eigenvalue weighted by molar-refractivity contribution is 7.09. The van der Waals surface area contributed by atoms with Crippen molar-refractivity contribution in [3.8, 4) is 11.3 Å². The molecule has 3 aromatic rings. The number of benzene rings is 1. The Morgan fingerprint density at radius 2 is 2.03 bits per heavy atom. The molecule has 154 valence electrons. The van der Waals surface area contributed by atoms with Crippen molar-refractivity contribution in [1.29, 1.82) is 0 Å². The number of thiazole rings is 1. The summed E-state index contributed by atoms with van der Waals surface area (Å²) in [5, 5.41) is 14.5. The zero-order valence-corrected chi connectivity index (χ0v) is 17.2. The number of aromatic nitrogens is 2. The molecule has 0 saturated carbocycles. The minimum atomic E-state index is -1.10. The van der Waals surface area contributed by atoms with E-state index in [2.05, 4.69) is 15.3 Å². The molecule has 1 amide bonds. The van der Waals surface area contributed by atoms with Gasteiger partial charge in [0.15, 0.2) is 0 Å². The van der Waals surface area contributed by atoms with E-state index >= 15 is 0 Å². The van der Waals surface area contributed by atoms with Gasteiger partial charge in [-0.15, -0.1) is 11.3 Å². The van der Waals surface area contributed by atoms with Gasteiger partial charge >= 0.3 is 0 Å². The van der Waals surface area contributed by atoms with Crippen molar-refractivity contribution in [2.75, 3.05) is 6.54 Å². The van der Waals surface area contributed by atoms with Crippen LogP contribution in [-0.4, -0.2) is 27.5 Å². The van der Waals surface area contributed by atoms with Crippen LogP contribution >= 0.6 is 22.9 Å². The second-order valence-electron chi connectivity index (χ2n) is 6.93. The number of nitrogens with zero attached hydrogens (tertiary/aromatic N) is 1. The van der Waals surface area contributed by atoms with E-state index in [1.165, 1.54) is 23.5 Å². The highest BCUT2D eigenvalue weighted by Gasteiger charge is 2.24. The van der Waals surface area contributed by atoms with Gasteiger partial charge in [-0.25, -0.2) is 13.8 Å². The van der Waals surface area contributed by atoms with Crippen LogP contribution in [0, 0.1) is 11.6 Å². The predicted molar refractivity (Wildman–Crippen MR) is 108 cm³/mol. The van der Waals surface area contributed by atoms with Crippen LogP contribution in [0.15, 0.2) is 29.6 Å². The van der Waals surface area contributed by atoms with Crippen molar-refractivity contribution in [3.63, 3.8) is 0 Å². The molecule has 0 fully saturated rings. The van der Waals surface area contributed by atoms with Crippen molar-refractivity contribution in [1.82, 2.24) is 15.3 Å². The van der Waals surface area contributed by atoms with Crippen LogP contribution in [0.2, 0.25) is 5.02 Å². The number of nitrogens with one attached hydrogen (secondary N) is 2. The molecule has 1 atom stereocenters. The van der Waals surface area contributed by atoms with E-state index in [1.807, 2.05) is 0 Å². The third-order valence-electron chi connectivity index (χ3n) is 4.21. The third-order valence-corrected chi connectivity index (χ3v) is 5.53. The van der Waals surface area contributed by atoms with Gasteiger partial charge in [0.1, 0.15) is 33.0 Å². The minimum absolute atomic E-state index is 0.103. The maximum atomic E-state index is 13.7. The molecule has 0 radical (unpaired) electrons. The van der Waals surface area contributed by atoms with Gasteiger partial charge in [0.2, 0.25) is 0 Å². The average molecular weight is 441 g/mol. The lowest BCUT2D eigenvalue weighted by Gasteiger charge is -2.15. The van der Waals surface area contributed by atoms with Crippen molar-refractivity contribution < 1.29 is 18.7 Å². The number of aromatic amines is 1. The molecular formula is C19H19ClF2N4O2S. The number of carbonyl (C=O) groups is 1. The summed E-state index contributed by atoms with van der Waals surface area (Å²) in [5.74, 6) is -2.24. The number of nitrogens with two attached hydrogens (primary N) is 1. The highest BCUT2D eigenvalue weighted by Crippen LogP contribution is 2.28. The lowest BCUT2D eigenvalue weighted by Crippen LogP contribution is -2.33. The molecule has 0 spiro atoms. The van der Waals surface area contributed by atoms with Crippen molar-refractivity contribution >= 4 is 28.8 Å². The zero-order chi connectivity index (χ0) is 21.3. The number of halogens is 3. The fourth-order valence-electron chi connectivity index (χ4n) is 2.59. The zero-order valence-electron chi connectivity index (χ0n) is 15.6. The molecule has 10 heteroatoms. The molecular weight excluding hydrogens is 422 g/mol. The fourth-order valence-corrected chi connectivity index (χ4v) is 3.75. The first-order valence-electron chi connectivity index (χ1n) is 8.63. The molecule has 2 heterocycles. The van der Waals surface area contributed by atoms with Crippen molar-refractivity contribution in [2.24, 2.45) is 5.73 Å². The molecule has 0 aliphatic carbocycles. The summed E-state index contributed by atoms with van der Waals surface area (Å²) in [6, 6.07) is 4.63. The number of amides is 1. The van der Waals surface area contributed by atoms with Crippen molar-refractivity contribution in [2.45, 2.75) is 25.5 Å². The first-order valence-corrected chi connectivity index (χ1v) is 9.89. The summed E-state index contributed by atoms with van der Waals surface area (Å²) in [6.07, 6.45) is 0. The molecule has 6 nitrogen and oxygen atoms in total. The number of aliphatic hydroxyl groups is 1. The third kappa shape index (κ3) is 4.64. The lowest BCUT2D eigenvalue weighted by atomic mass is 10.1. The molecule has 0 aliphatic heterocycles. The number of carbonyl (C=O) groups excluding carboxylic acids is 1. The Bertz CT molecular complexity index is 1020. The predicted octanol–water partition coefficient (Wildman–Crippen LogP) is 3.73. The van der Waals surface area contributed by atoms with E-state index in [-0.39, 0.29) is 17.8 Å². The van der Waals surface area contributed by atoms with Gasteiger partial charge in [0.25, 0.3) is 5.91 Å². The van der Waals surface area contributed by atoms with E-state index in [0.29, 0.717) is 16.4 Å². The first-order chi connectivity index (χ1) is 13.6. The highest BCUT2D eigenvalue weighted by atomic mass is 35.5. The molecule has 29 heavy (non-hydrogen) atoms. The van der Waals surface area contributed by atoms with Gasteiger partial charge in [-0.05, 0) is 38.1 Å². The summed E-state index contributed by atoms with van der Waals surface area (Å²) >= 11 is 6.78. The Hall–Kier alpha value is -2.33. The summed E-state index contributed by atoms with van der Waals surface area (Å²) in [7, 11) is 0. The quantitative estimate of drug-likeness (QED) is 0.438. The van der Waals surface area contributed by atoms with Gasteiger partial charge in [0, 0.05) is 23.2 Å². The van der Waals surface area contributed by atoms with Gasteiger partial charge in [-0.1, -0.05) is 11.6 Å². The largest absolute Gasteiger partial charge is 0.384 e. The first kappa shape index (κ1) is 21.4. The van der Waals surface area contributed by atoms with Crippen LogP contribution in [0.4, 0.5) is 8.78 Å². The molecule has 0 saturated heterocycles. The Labute approximate surface area is 174 Å². The Morgan fingerprint density at radius 3 is 2.59 bits per heavy atom. The second kappa shape index (κ2) is 8.19. The SMILES string of the molecule is CC(C)(O)c1csc(C(CN)NC(=O)c2ccc(-c3cc(F)c(Cl)c(F)c3)[nH]2)n1. The fraction of sp³-hybridized carbons (Fsp3) is 0.263. The number of rotatable bonds is 6. The van der Waals surface area contributed by atoms with Crippen LogP contribution in [0.1, 0.15) is 41.1 Å². The second-order valence-corrected chi connectivity index (χ2v) is 8.20. The van der Waals surface area contributed by atoms with Crippen LogP contribution in [-0.2, 0) is 5.60 Å². The van der Waals surface area contributed by atoms with E-state index in [0.717, 1.165) is 12.1 Å². The van der Waals surface area contributed by atoms with Gasteiger partial charge in [0.05, 0.1) is 11.7 Å². The molecule has 1 unspecified atom stereocenters. The molecule has 0 aliphatic rings. The lowest BCUT2D eigenvalue weighted by molar-refractivity contribution is 0.0743. The van der Waals surface area contributed by atoms with Crippen molar-refractivity contribution in [3.05, 3.63) is 62.7 Å². The number of hydrogen-bond acceptors (Lipinski definition) is 5. The maximum Gasteiger partial charge on any atom is 0.268 e. The molecule has 0 bridgehead atoms. The van der Waals surface area contributed by atoms with E-state index in [1.54, 1.807) is 19.2 Å². The summed E-state index contributed by atoms with van der Waals surface area (Å²) in [5.41, 5.74) is 5.92. The van der Waals surface area contributed by atoms with Crippen LogP contribution in [0.3, 0.4) is 0 Å². The Kier molecular flexibility index (Phi) is 6.04. The van der Waals surface area contributed by atoms with E-state index < -0.39 is 34.2 Å². The van der Waals surface area contributed by atoms with Gasteiger partial charge in [-0.2, -0.15) is 0 Å². The average Bonchev–Trinajstić information content (AvgIpc) is 3.32. The standard InChI is InChI=1S/C19H19ClF2N4O2S/c1-19(2,28)15-8-29-18(26-15)14(7-23)25-17(27)13-4-3-12(24-13)9-5-10(21)16(20)11(22)6-9/h3-6,8,14,24,28H,7,23H2,1-2H3,(H,25,27).